The lowest BCUT2D eigenvalue weighted by Crippen LogP contribution is -2.45. The second kappa shape index (κ2) is 9.35. The maximum atomic E-state index is 10.5. The van der Waals surface area contributed by atoms with Gasteiger partial charge in [0.2, 0.25) is 0 Å². The van der Waals surface area contributed by atoms with E-state index in [0.29, 0.717) is 5.75 Å². The second-order valence-corrected chi connectivity index (χ2v) is 6.08. The van der Waals surface area contributed by atoms with Crippen LogP contribution in [0.25, 0.3) is 0 Å². The van der Waals surface area contributed by atoms with Crippen LogP contribution in [0.3, 0.4) is 0 Å². The molecule has 23 heavy (non-hydrogen) atoms. The number of phenols is 1. The van der Waals surface area contributed by atoms with Gasteiger partial charge in [-0.25, -0.2) is 0 Å². The zero-order valence-corrected chi connectivity index (χ0v) is 15.3. The van der Waals surface area contributed by atoms with Crippen LogP contribution in [0.4, 0.5) is 0 Å². The standard InChI is InChI=1S/C16H20N2O2S.2ClH/c1-20-13-5-2-4-12(16(13)19)15(14-6-3-11-21-14)18-9-7-17-8-10-18;;/h2-6,11,15,17,19H,7-10H2,1H3;2*1H/t15-;;/m1../s1. The Kier molecular flexibility index (Phi) is 8.16. The predicted octanol–water partition coefficient (Wildman–Crippen LogP) is 3.30. The zero-order chi connectivity index (χ0) is 14.7. The van der Waals surface area contributed by atoms with Crippen molar-refractivity contribution in [1.82, 2.24) is 10.2 Å². The van der Waals surface area contributed by atoms with Crippen LogP contribution in [0.1, 0.15) is 16.5 Å². The average Bonchev–Trinajstić information content (AvgIpc) is 3.04. The number of ether oxygens (including phenoxy) is 1. The second-order valence-electron chi connectivity index (χ2n) is 5.10. The summed E-state index contributed by atoms with van der Waals surface area (Å²) in [6.07, 6.45) is 0. The minimum Gasteiger partial charge on any atom is -0.504 e. The molecule has 128 valence electrons. The van der Waals surface area contributed by atoms with E-state index in [9.17, 15) is 5.11 Å². The van der Waals surface area contributed by atoms with E-state index in [2.05, 4.69) is 27.7 Å². The summed E-state index contributed by atoms with van der Waals surface area (Å²) in [4.78, 5) is 3.66. The number of aromatic hydroxyl groups is 1. The smallest absolute Gasteiger partial charge is 0.162 e. The molecule has 0 amide bonds. The Bertz CT molecular complexity index is 590. The fourth-order valence-corrected chi connectivity index (χ4v) is 3.72. The number of methoxy groups -OCH3 is 1. The lowest BCUT2D eigenvalue weighted by Gasteiger charge is -2.35. The number of para-hydroxylation sites is 1. The number of thiophene rings is 1. The number of nitrogens with one attached hydrogen (secondary N) is 1. The van der Waals surface area contributed by atoms with Crippen LogP contribution in [-0.4, -0.2) is 43.3 Å². The fraction of sp³-hybridized carbons (Fsp3) is 0.375. The molecule has 0 bridgehead atoms. The van der Waals surface area contributed by atoms with Crippen molar-refractivity contribution in [1.29, 1.82) is 0 Å². The summed E-state index contributed by atoms with van der Waals surface area (Å²) >= 11 is 1.73. The highest BCUT2D eigenvalue weighted by atomic mass is 35.5. The van der Waals surface area contributed by atoms with Crippen molar-refractivity contribution in [2.45, 2.75) is 6.04 Å². The Labute approximate surface area is 153 Å². The molecule has 0 saturated carbocycles. The van der Waals surface area contributed by atoms with Gasteiger partial charge in [-0.1, -0.05) is 18.2 Å². The van der Waals surface area contributed by atoms with E-state index < -0.39 is 0 Å². The van der Waals surface area contributed by atoms with Crippen LogP contribution >= 0.6 is 36.2 Å². The molecule has 1 aromatic heterocycles. The quantitative estimate of drug-likeness (QED) is 0.858. The first-order chi connectivity index (χ1) is 10.3. The van der Waals surface area contributed by atoms with E-state index in [4.69, 9.17) is 4.74 Å². The van der Waals surface area contributed by atoms with Crippen molar-refractivity contribution < 1.29 is 9.84 Å². The first-order valence-corrected chi connectivity index (χ1v) is 8.03. The van der Waals surface area contributed by atoms with Crippen molar-refractivity contribution in [3.8, 4) is 11.5 Å². The Morgan fingerprint density at radius 3 is 2.52 bits per heavy atom. The minimum atomic E-state index is 0. The van der Waals surface area contributed by atoms with Crippen molar-refractivity contribution in [2.24, 2.45) is 0 Å². The first kappa shape index (κ1) is 20.1. The highest BCUT2D eigenvalue weighted by Crippen LogP contribution is 2.40. The lowest BCUT2D eigenvalue weighted by molar-refractivity contribution is 0.197. The highest BCUT2D eigenvalue weighted by Gasteiger charge is 2.27. The molecule has 1 aliphatic rings. The van der Waals surface area contributed by atoms with Gasteiger partial charge in [0.25, 0.3) is 0 Å². The molecule has 0 radical (unpaired) electrons. The molecule has 4 nitrogen and oxygen atoms in total. The zero-order valence-electron chi connectivity index (χ0n) is 12.9. The topological polar surface area (TPSA) is 44.7 Å². The molecule has 2 heterocycles. The van der Waals surface area contributed by atoms with Gasteiger partial charge in [0.15, 0.2) is 11.5 Å². The number of hydrogen-bond donors (Lipinski definition) is 2. The molecule has 1 aliphatic heterocycles. The Balaban J connectivity index is 0.00000132. The number of hydrogen-bond acceptors (Lipinski definition) is 5. The van der Waals surface area contributed by atoms with Crippen molar-refractivity contribution >= 4 is 36.2 Å². The summed E-state index contributed by atoms with van der Waals surface area (Å²) in [6, 6.07) is 10.0. The molecule has 3 rings (SSSR count). The van der Waals surface area contributed by atoms with E-state index in [0.717, 1.165) is 31.7 Å². The van der Waals surface area contributed by atoms with E-state index in [1.165, 1.54) is 4.88 Å². The van der Waals surface area contributed by atoms with Crippen molar-refractivity contribution in [2.75, 3.05) is 33.3 Å². The number of phenolic OH excluding ortho intramolecular Hbond substituents is 1. The van der Waals surface area contributed by atoms with Gasteiger partial charge < -0.3 is 15.2 Å². The number of piperazine rings is 1. The molecular formula is C16H22Cl2N2O2S. The summed E-state index contributed by atoms with van der Waals surface area (Å²) in [5.74, 6) is 0.779. The number of benzene rings is 1. The third-order valence-corrected chi connectivity index (χ3v) is 4.80. The molecule has 7 heteroatoms. The monoisotopic (exact) mass is 376 g/mol. The maximum Gasteiger partial charge on any atom is 0.162 e. The van der Waals surface area contributed by atoms with Gasteiger partial charge >= 0.3 is 0 Å². The predicted molar refractivity (Wildman–Crippen MR) is 99.8 cm³/mol. The Morgan fingerprint density at radius 2 is 1.91 bits per heavy atom. The van der Waals surface area contributed by atoms with Gasteiger partial charge in [-0.15, -0.1) is 36.2 Å². The molecule has 0 spiro atoms. The molecular weight excluding hydrogens is 355 g/mol. The fourth-order valence-electron chi connectivity index (χ4n) is 2.84. The largest absolute Gasteiger partial charge is 0.504 e. The molecule has 0 aliphatic carbocycles. The first-order valence-electron chi connectivity index (χ1n) is 7.15. The Hall–Kier alpha value is -0.980. The summed E-state index contributed by atoms with van der Waals surface area (Å²) in [7, 11) is 1.59. The van der Waals surface area contributed by atoms with Gasteiger partial charge in [0.05, 0.1) is 13.2 Å². The molecule has 1 aromatic carbocycles. The summed E-state index contributed by atoms with van der Waals surface area (Å²) in [5.41, 5.74) is 0.915. The molecule has 1 atom stereocenters. The summed E-state index contributed by atoms with van der Waals surface area (Å²) < 4.78 is 5.26. The van der Waals surface area contributed by atoms with E-state index >= 15 is 0 Å². The molecule has 1 fully saturated rings. The van der Waals surface area contributed by atoms with Gasteiger partial charge in [-0.2, -0.15) is 0 Å². The third-order valence-electron chi connectivity index (χ3n) is 3.87. The summed E-state index contributed by atoms with van der Waals surface area (Å²) in [5, 5.41) is 16.0. The van der Waals surface area contributed by atoms with E-state index in [-0.39, 0.29) is 36.6 Å². The van der Waals surface area contributed by atoms with E-state index in [1.807, 2.05) is 12.1 Å². The van der Waals surface area contributed by atoms with Crippen LogP contribution in [0.15, 0.2) is 35.7 Å². The Morgan fingerprint density at radius 1 is 1.17 bits per heavy atom. The molecule has 2 N–H and O–H groups in total. The number of nitrogens with zero attached hydrogens (tertiary/aromatic N) is 1. The van der Waals surface area contributed by atoms with Crippen LogP contribution in [0.2, 0.25) is 0 Å². The average molecular weight is 377 g/mol. The van der Waals surface area contributed by atoms with Crippen LogP contribution in [-0.2, 0) is 0 Å². The number of halogens is 2. The third kappa shape index (κ3) is 4.31. The molecule has 2 aromatic rings. The van der Waals surface area contributed by atoms with Crippen LogP contribution in [0.5, 0.6) is 11.5 Å². The maximum absolute atomic E-state index is 10.5. The van der Waals surface area contributed by atoms with Crippen LogP contribution in [0, 0.1) is 0 Å². The van der Waals surface area contributed by atoms with Crippen molar-refractivity contribution in [3.05, 3.63) is 46.2 Å². The normalized spacial score (nSPS) is 16.0. The van der Waals surface area contributed by atoms with Gasteiger partial charge in [0, 0.05) is 36.6 Å². The summed E-state index contributed by atoms with van der Waals surface area (Å²) in [6.45, 7) is 3.90. The van der Waals surface area contributed by atoms with Gasteiger partial charge in [0.1, 0.15) is 0 Å². The van der Waals surface area contributed by atoms with Gasteiger partial charge in [-0.05, 0) is 17.5 Å². The SMILES string of the molecule is COc1cccc([C@H](c2cccs2)N2CCNCC2)c1O.Cl.Cl. The highest BCUT2D eigenvalue weighted by molar-refractivity contribution is 7.10. The lowest BCUT2D eigenvalue weighted by atomic mass is 10.0. The molecule has 1 saturated heterocycles. The minimum absolute atomic E-state index is 0. The van der Waals surface area contributed by atoms with E-state index in [1.54, 1.807) is 24.5 Å². The van der Waals surface area contributed by atoms with Crippen molar-refractivity contribution in [3.63, 3.8) is 0 Å². The number of rotatable bonds is 4. The molecule has 0 unspecified atom stereocenters. The van der Waals surface area contributed by atoms with Gasteiger partial charge in [-0.3, -0.25) is 4.90 Å². The van der Waals surface area contributed by atoms with Crippen LogP contribution < -0.4 is 10.1 Å².